The number of carbonyl (C=O) groups is 2. The lowest BCUT2D eigenvalue weighted by Crippen LogP contribution is -2.35. The number of benzene rings is 2. The van der Waals surface area contributed by atoms with Crippen molar-refractivity contribution < 1.29 is 23.3 Å². The normalized spacial score (nSPS) is 11.5. The van der Waals surface area contributed by atoms with Crippen LogP contribution in [-0.2, 0) is 11.3 Å². The number of thiophene rings is 1. The molecule has 10 heteroatoms. The fourth-order valence-corrected chi connectivity index (χ4v) is 4.83. The fourth-order valence-electron chi connectivity index (χ4n) is 3.19. The monoisotopic (exact) mass is 528 g/mol. The minimum Gasteiger partial charge on any atom is -0.497 e. The van der Waals surface area contributed by atoms with Crippen molar-refractivity contribution in [3.05, 3.63) is 76.6 Å². The van der Waals surface area contributed by atoms with E-state index in [1.165, 1.54) is 11.3 Å². The molecule has 192 valence electrons. The van der Waals surface area contributed by atoms with Crippen LogP contribution in [0, 0.1) is 0 Å². The number of thiazole rings is 1. The molecule has 0 aliphatic heterocycles. The Bertz CT molecular complexity index is 1340. The van der Waals surface area contributed by atoms with E-state index in [1.54, 1.807) is 74.9 Å². The molecule has 4 rings (SSSR count). The number of amides is 2. The van der Waals surface area contributed by atoms with Gasteiger partial charge in [-0.25, -0.2) is 4.98 Å². The number of rotatable bonds is 10. The summed E-state index contributed by atoms with van der Waals surface area (Å²) in [5, 5.41) is 13.5. The van der Waals surface area contributed by atoms with Crippen LogP contribution in [0.4, 0.5) is 5.69 Å². The molecule has 8 nitrogen and oxygen atoms in total. The molecule has 0 spiro atoms. The molecule has 2 heterocycles. The second kappa shape index (κ2) is 11.8. The molecule has 0 aliphatic rings. The van der Waals surface area contributed by atoms with Crippen LogP contribution in [0.1, 0.15) is 27.3 Å². The molecular weight excluding hydrogens is 496 g/mol. The molecule has 0 saturated heterocycles. The second-order valence-corrected chi connectivity index (χ2v) is 9.60. The van der Waals surface area contributed by atoms with Crippen LogP contribution in [0.15, 0.2) is 65.4 Å². The first-order valence-electron chi connectivity index (χ1n) is 11.2. The van der Waals surface area contributed by atoms with Crippen molar-refractivity contribution in [2.45, 2.75) is 19.5 Å². The molecule has 0 fully saturated rings. The predicted octanol–water partition coefficient (Wildman–Crippen LogP) is 5.89. The van der Waals surface area contributed by atoms with Gasteiger partial charge in [-0.15, -0.1) is 22.7 Å². The number of methoxy groups -OCH3 is 1. The van der Waals surface area contributed by atoms with Gasteiger partial charge in [0.15, 0.2) is 0 Å². The molecule has 0 saturated carbocycles. The first-order chi connectivity index (χ1) is 17.5. The van der Waals surface area contributed by atoms with Gasteiger partial charge in [0.1, 0.15) is 22.3 Å². The Hall–Kier alpha value is -3.73. The molecule has 2 aromatic carbocycles. The van der Waals surface area contributed by atoms with Crippen molar-refractivity contribution in [3.63, 3.8) is 0 Å². The number of hydrogen-bond acceptors (Lipinski definition) is 8. The number of ether oxygens (including phenoxy) is 2. The summed E-state index contributed by atoms with van der Waals surface area (Å²) in [4.78, 5) is 31.3. The first-order valence-corrected chi connectivity index (χ1v) is 12.9. The second-order valence-electron chi connectivity index (χ2n) is 7.79. The quantitative estimate of drug-likeness (QED) is 0.237. The topological polar surface area (TPSA) is 102 Å². The van der Waals surface area contributed by atoms with Gasteiger partial charge in [-0.2, -0.15) is 0 Å². The van der Waals surface area contributed by atoms with E-state index < -0.39 is 0 Å². The largest absolute Gasteiger partial charge is 0.497 e. The molecule has 4 aromatic rings. The Balaban J connectivity index is 0.00000253. The maximum Gasteiger partial charge on any atom is 0.255 e. The Morgan fingerprint density at radius 2 is 1.86 bits per heavy atom. The number of nitrogens with one attached hydrogen (secondary N) is 3. The van der Waals surface area contributed by atoms with Gasteiger partial charge in [0, 0.05) is 15.3 Å². The Labute approximate surface area is 221 Å². The number of likely N-dealkylation sites (N-methyl/N-ethyl adjacent to an activating group) is 1. The van der Waals surface area contributed by atoms with Crippen LogP contribution in [0.3, 0.4) is 0 Å². The summed E-state index contributed by atoms with van der Waals surface area (Å²) in [6.45, 7) is 2.01. The summed E-state index contributed by atoms with van der Waals surface area (Å²) in [5.41, 5.74) is 1.54. The highest BCUT2D eigenvalue weighted by Crippen LogP contribution is 2.30. The maximum atomic E-state index is 13.2. The highest BCUT2D eigenvalue weighted by atomic mass is 32.1. The third kappa shape index (κ3) is 6.28. The molecule has 3 N–H and O–H groups in total. The van der Waals surface area contributed by atoms with Crippen LogP contribution < -0.4 is 25.4 Å². The first kappa shape index (κ1) is 25.4. The maximum absolute atomic E-state index is 13.2. The molecule has 36 heavy (non-hydrogen) atoms. The molecule has 1 atom stereocenters. The van der Waals surface area contributed by atoms with Gasteiger partial charge >= 0.3 is 0 Å². The van der Waals surface area contributed by atoms with Crippen molar-refractivity contribution in [3.8, 4) is 27.1 Å². The third-order valence-corrected chi connectivity index (χ3v) is 7.25. The van der Waals surface area contributed by atoms with Gasteiger partial charge < -0.3 is 25.4 Å². The number of nitrogens with zero attached hydrogens (tertiary/aromatic N) is 1. The summed E-state index contributed by atoms with van der Waals surface area (Å²) in [6.07, 6.45) is 0. The summed E-state index contributed by atoms with van der Waals surface area (Å²) in [7, 11) is 3.29. The summed E-state index contributed by atoms with van der Waals surface area (Å²) in [5.74, 6) is 1.04. The summed E-state index contributed by atoms with van der Waals surface area (Å²) < 4.78 is 11.2. The number of carbonyl (C=O) groups excluding carboxylic acids is 2. The average molecular weight is 529 g/mol. The molecule has 0 aliphatic carbocycles. The van der Waals surface area contributed by atoms with E-state index in [0.717, 1.165) is 15.6 Å². The molecule has 0 bridgehead atoms. The van der Waals surface area contributed by atoms with Crippen LogP contribution in [0.2, 0.25) is 0 Å². The van der Waals surface area contributed by atoms with E-state index >= 15 is 0 Å². The Morgan fingerprint density at radius 3 is 2.56 bits per heavy atom. The zero-order valence-electron chi connectivity index (χ0n) is 20.0. The molecule has 0 radical (unpaired) electrons. The summed E-state index contributed by atoms with van der Waals surface area (Å²) in [6, 6.07) is 15.6. The van der Waals surface area contributed by atoms with E-state index in [4.69, 9.17) is 9.47 Å². The molecule has 2 aromatic heterocycles. The fraction of sp³-hybridized carbons (Fsp3) is 0.192. The highest BCUT2D eigenvalue weighted by molar-refractivity contribution is 7.20. The van der Waals surface area contributed by atoms with Gasteiger partial charge in [-0.1, -0.05) is 6.07 Å². The van der Waals surface area contributed by atoms with Crippen molar-refractivity contribution >= 4 is 40.2 Å². The van der Waals surface area contributed by atoms with E-state index in [0.29, 0.717) is 22.9 Å². The number of anilines is 1. The van der Waals surface area contributed by atoms with E-state index in [-0.39, 0.29) is 34.2 Å². The van der Waals surface area contributed by atoms with Gasteiger partial charge in [0.2, 0.25) is 5.91 Å². The van der Waals surface area contributed by atoms with Crippen LogP contribution in [0.5, 0.6) is 17.2 Å². The Kier molecular flexibility index (Phi) is 8.32. The number of hydrogen-bond donors (Lipinski definition) is 3. The van der Waals surface area contributed by atoms with Crippen LogP contribution in [0.25, 0.3) is 9.88 Å². The van der Waals surface area contributed by atoms with E-state index in [1.807, 2.05) is 22.9 Å². The van der Waals surface area contributed by atoms with Crippen LogP contribution in [-0.4, -0.2) is 37.0 Å². The third-order valence-electron chi connectivity index (χ3n) is 5.32. The zero-order chi connectivity index (χ0) is 25.5. The van der Waals surface area contributed by atoms with Crippen molar-refractivity contribution in [1.82, 2.24) is 15.6 Å². The lowest BCUT2D eigenvalue weighted by atomic mass is 10.1. The smallest absolute Gasteiger partial charge is 0.255 e. The van der Waals surface area contributed by atoms with Crippen LogP contribution >= 0.6 is 22.7 Å². The molecular formula is C26H32N4O4S2. The van der Waals surface area contributed by atoms with Crippen molar-refractivity contribution in [2.75, 3.05) is 19.5 Å². The van der Waals surface area contributed by atoms with E-state index in [2.05, 4.69) is 20.9 Å². The van der Waals surface area contributed by atoms with Gasteiger partial charge in [0.25, 0.3) is 5.91 Å². The summed E-state index contributed by atoms with van der Waals surface area (Å²) >= 11 is 3.16. The van der Waals surface area contributed by atoms with Crippen molar-refractivity contribution in [1.29, 1.82) is 0 Å². The lowest BCUT2D eigenvalue weighted by Gasteiger charge is -2.15. The van der Waals surface area contributed by atoms with Gasteiger partial charge in [-0.05, 0) is 67.9 Å². The number of aromatic nitrogens is 1. The Morgan fingerprint density at radius 1 is 1.08 bits per heavy atom. The van der Waals surface area contributed by atoms with Gasteiger partial charge in [0.05, 0.1) is 35.8 Å². The standard InChI is InChI=1S/C26H26N4O4S2.3H2/c1-16(27-2)24(31)29-17-6-11-22(34-20-9-7-19(33-3)8-10-20)21(13-17)25(32)28-14-18-15-36-26(30-18)23-5-4-12-35-23;;;/h4-13,15-16,27H,14H2,1-3H3,(H,28,32)(H,29,31);3*1H/t16-;;;/m0.../s1. The van der Waals surface area contributed by atoms with Crippen molar-refractivity contribution in [2.24, 2.45) is 0 Å². The molecule has 2 amide bonds. The zero-order valence-corrected chi connectivity index (χ0v) is 21.7. The SMILES string of the molecule is CN[C@@H](C)C(=O)Nc1ccc(Oc2ccc(OC)cc2)c(C(=O)NCc2csc(-c3cccs3)n2)c1.[HH].[HH].[HH]. The average Bonchev–Trinajstić information content (AvgIpc) is 3.60. The predicted molar refractivity (Wildman–Crippen MR) is 150 cm³/mol. The minimum absolute atomic E-state index is 0. The minimum atomic E-state index is -0.389. The van der Waals surface area contributed by atoms with E-state index in [9.17, 15) is 9.59 Å². The lowest BCUT2D eigenvalue weighted by molar-refractivity contribution is -0.117. The molecule has 0 unspecified atom stereocenters. The highest BCUT2D eigenvalue weighted by Gasteiger charge is 2.18. The van der Waals surface area contributed by atoms with Gasteiger partial charge in [-0.3, -0.25) is 9.59 Å².